The summed E-state index contributed by atoms with van der Waals surface area (Å²) in [7, 11) is -3.27. The molecule has 1 unspecified atom stereocenters. The summed E-state index contributed by atoms with van der Waals surface area (Å²) in [6, 6.07) is 0. The molecule has 1 aliphatic rings. The van der Waals surface area contributed by atoms with E-state index in [2.05, 4.69) is 0 Å². The van der Waals surface area contributed by atoms with Crippen molar-refractivity contribution in [2.75, 3.05) is 13.1 Å². The van der Waals surface area contributed by atoms with Crippen LogP contribution in [0.2, 0.25) is 0 Å². The minimum Gasteiger partial charge on any atom is -0.329 e. The van der Waals surface area contributed by atoms with E-state index in [1.54, 1.807) is 25.1 Å². The van der Waals surface area contributed by atoms with Crippen molar-refractivity contribution in [3.8, 4) is 0 Å². The van der Waals surface area contributed by atoms with Crippen molar-refractivity contribution in [3.05, 3.63) is 0 Å². The Kier molecular flexibility index (Phi) is 3.72. The maximum atomic E-state index is 12.5. The Morgan fingerprint density at radius 3 is 2.31 bits per heavy atom. The molecule has 0 amide bonds. The van der Waals surface area contributed by atoms with Crippen molar-refractivity contribution < 1.29 is 8.42 Å². The van der Waals surface area contributed by atoms with Gasteiger partial charge in [0.2, 0.25) is 10.0 Å². The van der Waals surface area contributed by atoms with E-state index in [1.807, 2.05) is 6.92 Å². The Hall–Kier alpha value is -0.130. The predicted molar refractivity (Wildman–Crippen MR) is 66.7 cm³/mol. The molecule has 5 heteroatoms. The quantitative estimate of drug-likeness (QED) is 0.801. The first-order valence-corrected chi connectivity index (χ1v) is 7.32. The molecule has 1 saturated heterocycles. The van der Waals surface area contributed by atoms with Crippen LogP contribution >= 0.6 is 0 Å². The molecule has 4 nitrogen and oxygen atoms in total. The van der Waals surface area contributed by atoms with Gasteiger partial charge in [0.15, 0.2) is 0 Å². The lowest BCUT2D eigenvalue weighted by Crippen LogP contribution is -2.59. The van der Waals surface area contributed by atoms with E-state index < -0.39 is 20.3 Å². The average Bonchev–Trinajstić information content (AvgIpc) is 2.16. The molecule has 1 fully saturated rings. The Morgan fingerprint density at radius 1 is 1.31 bits per heavy atom. The minimum absolute atomic E-state index is 0.391. The molecule has 0 radical (unpaired) electrons. The maximum absolute atomic E-state index is 12.5. The van der Waals surface area contributed by atoms with Gasteiger partial charge >= 0.3 is 0 Å². The largest absolute Gasteiger partial charge is 0.329 e. The van der Waals surface area contributed by atoms with Crippen molar-refractivity contribution in [3.63, 3.8) is 0 Å². The fourth-order valence-corrected chi connectivity index (χ4v) is 3.88. The zero-order valence-corrected chi connectivity index (χ0v) is 11.6. The first-order valence-electron chi connectivity index (χ1n) is 5.88. The molecule has 1 rings (SSSR count). The lowest BCUT2D eigenvalue weighted by Gasteiger charge is -2.45. The van der Waals surface area contributed by atoms with Crippen molar-refractivity contribution >= 4 is 10.0 Å². The molecule has 1 aliphatic heterocycles. The van der Waals surface area contributed by atoms with Crippen LogP contribution in [0.5, 0.6) is 0 Å². The van der Waals surface area contributed by atoms with Gasteiger partial charge in [-0.25, -0.2) is 8.42 Å². The third-order valence-electron chi connectivity index (χ3n) is 3.43. The van der Waals surface area contributed by atoms with Gasteiger partial charge in [-0.2, -0.15) is 4.31 Å². The Balaban J connectivity index is 3.11. The molecule has 1 atom stereocenters. The van der Waals surface area contributed by atoms with E-state index in [-0.39, 0.29) is 0 Å². The van der Waals surface area contributed by atoms with Gasteiger partial charge in [0.05, 0.1) is 4.75 Å². The highest BCUT2D eigenvalue weighted by Gasteiger charge is 2.45. The number of sulfonamides is 1. The Bertz CT molecular complexity index is 345. The molecule has 2 N–H and O–H groups in total. The summed E-state index contributed by atoms with van der Waals surface area (Å²) in [5, 5.41) is 0. The van der Waals surface area contributed by atoms with Crippen LogP contribution in [0.1, 0.15) is 47.0 Å². The first-order chi connectivity index (χ1) is 7.15. The lowest BCUT2D eigenvalue weighted by atomic mass is 9.91. The number of rotatable bonds is 2. The van der Waals surface area contributed by atoms with E-state index in [4.69, 9.17) is 5.73 Å². The number of hydrogen-bond donors (Lipinski definition) is 1. The topological polar surface area (TPSA) is 63.4 Å². The van der Waals surface area contributed by atoms with Crippen molar-refractivity contribution in [1.82, 2.24) is 4.31 Å². The second-order valence-electron chi connectivity index (χ2n) is 5.85. The lowest BCUT2D eigenvalue weighted by molar-refractivity contribution is 0.154. The van der Waals surface area contributed by atoms with Crippen molar-refractivity contribution in [1.29, 1.82) is 0 Å². The summed E-state index contributed by atoms with van der Waals surface area (Å²) in [5.41, 5.74) is 5.36. The van der Waals surface area contributed by atoms with Gasteiger partial charge in [0, 0.05) is 18.6 Å². The molecule has 0 bridgehead atoms. The van der Waals surface area contributed by atoms with Crippen LogP contribution in [-0.2, 0) is 10.0 Å². The van der Waals surface area contributed by atoms with Crippen LogP contribution in [0.3, 0.4) is 0 Å². The molecular weight excluding hydrogens is 224 g/mol. The van der Waals surface area contributed by atoms with E-state index in [0.29, 0.717) is 13.1 Å². The predicted octanol–water partition coefficient (Wildman–Crippen LogP) is 1.32. The Labute approximate surface area is 99.2 Å². The van der Waals surface area contributed by atoms with Crippen LogP contribution in [0.4, 0.5) is 0 Å². The highest BCUT2D eigenvalue weighted by Crippen LogP contribution is 2.34. The molecule has 0 saturated carbocycles. The van der Waals surface area contributed by atoms with Gasteiger partial charge in [0.25, 0.3) is 0 Å². The van der Waals surface area contributed by atoms with Gasteiger partial charge in [-0.15, -0.1) is 0 Å². The maximum Gasteiger partial charge on any atom is 0.219 e. The summed E-state index contributed by atoms with van der Waals surface area (Å²) >= 11 is 0. The summed E-state index contributed by atoms with van der Waals surface area (Å²) < 4.78 is 25.8. The fourth-order valence-electron chi connectivity index (χ4n) is 2.10. The second kappa shape index (κ2) is 4.27. The zero-order valence-electron chi connectivity index (χ0n) is 10.8. The smallest absolute Gasteiger partial charge is 0.219 e. The molecular formula is C11H24N2O2S. The van der Waals surface area contributed by atoms with E-state index in [1.165, 1.54) is 0 Å². The summed E-state index contributed by atoms with van der Waals surface area (Å²) in [5.74, 6) is 0. The molecule has 0 aromatic heterocycles. The van der Waals surface area contributed by atoms with Crippen LogP contribution < -0.4 is 5.73 Å². The number of nitrogens with zero attached hydrogens (tertiary/aromatic N) is 1. The third-order valence-corrected chi connectivity index (χ3v) is 6.18. The third kappa shape index (κ3) is 2.26. The minimum atomic E-state index is -3.27. The zero-order chi connectivity index (χ0) is 12.6. The molecule has 96 valence electrons. The SMILES string of the molecule is CC1(CN)CCCCN1S(=O)(=O)C(C)(C)C. The normalized spacial score (nSPS) is 29.3. The molecule has 1 heterocycles. The number of nitrogens with two attached hydrogens (primary N) is 1. The van der Waals surface area contributed by atoms with Gasteiger partial charge in [-0.1, -0.05) is 6.42 Å². The van der Waals surface area contributed by atoms with Crippen LogP contribution in [0.25, 0.3) is 0 Å². The van der Waals surface area contributed by atoms with E-state index in [9.17, 15) is 8.42 Å². The molecule has 0 aliphatic carbocycles. The average molecular weight is 248 g/mol. The van der Waals surface area contributed by atoms with Gasteiger partial charge in [-0.05, 0) is 40.5 Å². The fraction of sp³-hybridized carbons (Fsp3) is 1.00. The monoisotopic (exact) mass is 248 g/mol. The standard InChI is InChI=1S/C11H24N2O2S/c1-10(2,3)16(14,15)13-8-6-5-7-11(13,4)9-12/h5-9,12H2,1-4H3. The summed E-state index contributed by atoms with van der Waals surface area (Å²) in [6.07, 6.45) is 2.85. The second-order valence-corrected chi connectivity index (χ2v) is 8.46. The number of piperidine rings is 1. The van der Waals surface area contributed by atoms with Gasteiger partial charge < -0.3 is 5.73 Å². The number of hydrogen-bond acceptors (Lipinski definition) is 3. The van der Waals surface area contributed by atoms with Crippen molar-refractivity contribution in [2.45, 2.75) is 57.2 Å². The van der Waals surface area contributed by atoms with Gasteiger partial charge in [0.1, 0.15) is 0 Å². The summed E-state index contributed by atoms with van der Waals surface area (Å²) in [4.78, 5) is 0. The molecule has 16 heavy (non-hydrogen) atoms. The summed E-state index contributed by atoms with van der Waals surface area (Å²) in [6.45, 7) is 8.18. The van der Waals surface area contributed by atoms with E-state index >= 15 is 0 Å². The highest BCUT2D eigenvalue weighted by molar-refractivity contribution is 7.90. The van der Waals surface area contributed by atoms with Crippen LogP contribution in [0, 0.1) is 0 Å². The Morgan fingerprint density at radius 2 is 1.88 bits per heavy atom. The van der Waals surface area contributed by atoms with Crippen LogP contribution in [0.15, 0.2) is 0 Å². The van der Waals surface area contributed by atoms with E-state index in [0.717, 1.165) is 19.3 Å². The highest BCUT2D eigenvalue weighted by atomic mass is 32.2. The first kappa shape index (κ1) is 13.9. The van der Waals surface area contributed by atoms with Crippen molar-refractivity contribution in [2.24, 2.45) is 5.73 Å². The molecule has 0 spiro atoms. The molecule has 0 aromatic rings. The van der Waals surface area contributed by atoms with Gasteiger partial charge in [-0.3, -0.25) is 0 Å². The van der Waals surface area contributed by atoms with Crippen LogP contribution in [-0.4, -0.2) is 36.1 Å². The molecule has 0 aromatic carbocycles.